The molecule has 0 saturated carbocycles. The van der Waals surface area contributed by atoms with Gasteiger partial charge in [-0.2, -0.15) is 0 Å². The van der Waals surface area contributed by atoms with E-state index >= 15 is 0 Å². The van der Waals surface area contributed by atoms with Crippen molar-refractivity contribution < 1.29 is 22.8 Å². The summed E-state index contributed by atoms with van der Waals surface area (Å²) in [6.45, 7) is 3.08. The number of hydroxylamine groups is 1. The van der Waals surface area contributed by atoms with Gasteiger partial charge in [-0.15, -0.1) is 6.58 Å². The number of carbonyl (C=O) groups excluding carboxylic acids is 1. The monoisotopic (exact) mass is 394 g/mol. The van der Waals surface area contributed by atoms with Gasteiger partial charge < -0.3 is 4.57 Å². The fraction of sp³-hybridized carbons (Fsp3) is 0.222. The molecule has 1 aromatic carbocycles. The van der Waals surface area contributed by atoms with E-state index in [-0.39, 0.29) is 12.1 Å². The Balaban J connectivity index is 2.40. The molecule has 2 rings (SSSR count). The van der Waals surface area contributed by atoms with Crippen molar-refractivity contribution in [1.29, 1.82) is 0 Å². The maximum atomic E-state index is 14.5. The average molecular weight is 394 g/mol. The number of nitrogens with one attached hydrogen (secondary N) is 1. The van der Waals surface area contributed by atoms with Gasteiger partial charge in [0.15, 0.2) is 14.6 Å². The number of benzene rings is 1. The molecule has 9 heteroatoms. The molecule has 7 nitrogen and oxygen atoms in total. The molecule has 1 amide bonds. The first-order chi connectivity index (χ1) is 12.7. The van der Waals surface area contributed by atoms with Crippen LogP contribution in [0.5, 0.6) is 0 Å². The lowest BCUT2D eigenvalue weighted by molar-refractivity contribution is -0.130. The SMILES string of the molecule is C=CC(CCn1cc(F)c(-c2ccccc2)cc1=O)(C(=O)NO)S(C)(=O)=O. The molecule has 2 aromatic rings. The standard InChI is InChI=1S/C18H19FN2O5S/c1-3-18(17(23)20-24,27(2,25)26)9-10-21-12-15(19)14(11-16(21)22)13-7-5-4-6-8-13/h3-8,11-12,24H,1,9-10H2,2H3,(H,20,23). The predicted octanol–water partition coefficient (Wildman–Crippen LogP) is 1.52. The molecule has 0 fully saturated rings. The molecule has 1 unspecified atom stereocenters. The number of halogens is 1. The van der Waals surface area contributed by atoms with Gasteiger partial charge in [-0.25, -0.2) is 18.3 Å². The van der Waals surface area contributed by atoms with Gasteiger partial charge in [0.1, 0.15) is 5.82 Å². The highest BCUT2D eigenvalue weighted by atomic mass is 32.2. The summed E-state index contributed by atoms with van der Waals surface area (Å²) in [6, 6.07) is 9.58. The Morgan fingerprint density at radius 1 is 1.37 bits per heavy atom. The zero-order chi connectivity index (χ0) is 20.2. The molecule has 0 aliphatic heterocycles. The Kier molecular flexibility index (Phi) is 5.97. The van der Waals surface area contributed by atoms with E-state index in [0.29, 0.717) is 5.56 Å². The quantitative estimate of drug-likeness (QED) is 0.421. The summed E-state index contributed by atoms with van der Waals surface area (Å²) < 4.78 is 37.5. The molecule has 0 aliphatic rings. The minimum absolute atomic E-state index is 0.114. The van der Waals surface area contributed by atoms with Crippen LogP contribution in [0, 0.1) is 5.82 Å². The van der Waals surface area contributed by atoms with Gasteiger partial charge in [0.25, 0.3) is 11.5 Å². The van der Waals surface area contributed by atoms with E-state index < -0.39 is 38.3 Å². The first kappa shape index (κ1) is 20.5. The van der Waals surface area contributed by atoms with Crippen LogP contribution in [0.1, 0.15) is 6.42 Å². The highest BCUT2D eigenvalue weighted by Gasteiger charge is 2.45. The van der Waals surface area contributed by atoms with Crippen molar-refractivity contribution in [1.82, 2.24) is 10.0 Å². The summed E-state index contributed by atoms with van der Waals surface area (Å²) in [4.78, 5) is 24.3. The Labute approximate surface area is 155 Å². The van der Waals surface area contributed by atoms with Gasteiger partial charge in [0.2, 0.25) is 0 Å². The van der Waals surface area contributed by atoms with Gasteiger partial charge in [0, 0.05) is 30.6 Å². The molecule has 0 bridgehead atoms. The van der Waals surface area contributed by atoms with Crippen LogP contribution in [-0.4, -0.2) is 35.1 Å². The highest BCUT2D eigenvalue weighted by Crippen LogP contribution is 2.25. The average Bonchev–Trinajstić information content (AvgIpc) is 2.64. The summed E-state index contributed by atoms with van der Waals surface area (Å²) in [5.74, 6) is -1.87. The van der Waals surface area contributed by atoms with Crippen LogP contribution in [0.4, 0.5) is 4.39 Å². The van der Waals surface area contributed by atoms with E-state index in [1.165, 1.54) is 5.48 Å². The van der Waals surface area contributed by atoms with Crippen LogP contribution in [-0.2, 0) is 21.2 Å². The summed E-state index contributed by atoms with van der Waals surface area (Å²) in [7, 11) is -4.03. The summed E-state index contributed by atoms with van der Waals surface area (Å²) in [5, 5.41) is 8.88. The minimum Gasteiger partial charge on any atom is -0.312 e. The minimum atomic E-state index is -4.03. The van der Waals surface area contributed by atoms with Crippen LogP contribution in [0.25, 0.3) is 11.1 Å². The second kappa shape index (κ2) is 7.85. The fourth-order valence-corrected chi connectivity index (χ4v) is 3.90. The van der Waals surface area contributed by atoms with Crippen LogP contribution >= 0.6 is 0 Å². The molecule has 27 heavy (non-hydrogen) atoms. The molecule has 0 saturated heterocycles. The Bertz CT molecular complexity index is 1020. The van der Waals surface area contributed by atoms with Crippen molar-refractivity contribution in [2.24, 2.45) is 0 Å². The third kappa shape index (κ3) is 3.99. The number of hydrogen-bond donors (Lipinski definition) is 2. The molecule has 1 heterocycles. The third-order valence-electron chi connectivity index (χ3n) is 4.36. The molecular weight excluding hydrogens is 375 g/mol. The maximum absolute atomic E-state index is 14.5. The van der Waals surface area contributed by atoms with Gasteiger partial charge in [-0.05, 0) is 12.0 Å². The zero-order valence-corrected chi connectivity index (χ0v) is 15.4. The summed E-state index contributed by atoms with van der Waals surface area (Å²) in [6.07, 6.45) is 2.24. The van der Waals surface area contributed by atoms with Crippen molar-refractivity contribution in [3.8, 4) is 11.1 Å². The van der Waals surface area contributed by atoms with Crippen molar-refractivity contribution in [3.05, 3.63) is 71.4 Å². The number of nitrogens with zero attached hydrogens (tertiary/aromatic N) is 1. The van der Waals surface area contributed by atoms with E-state index in [2.05, 4.69) is 6.58 Å². The van der Waals surface area contributed by atoms with E-state index in [1.54, 1.807) is 30.3 Å². The van der Waals surface area contributed by atoms with Crippen molar-refractivity contribution in [2.45, 2.75) is 17.7 Å². The first-order valence-electron chi connectivity index (χ1n) is 7.89. The van der Waals surface area contributed by atoms with Crippen LogP contribution in [0.15, 0.2) is 60.0 Å². The number of rotatable bonds is 7. The molecule has 0 radical (unpaired) electrons. The van der Waals surface area contributed by atoms with Crippen LogP contribution in [0.3, 0.4) is 0 Å². The van der Waals surface area contributed by atoms with Gasteiger partial charge in [0.05, 0.1) is 0 Å². The molecule has 1 aromatic heterocycles. The second-order valence-corrected chi connectivity index (χ2v) is 8.26. The van der Waals surface area contributed by atoms with Crippen molar-refractivity contribution >= 4 is 15.7 Å². The van der Waals surface area contributed by atoms with Gasteiger partial charge in [-0.3, -0.25) is 14.8 Å². The van der Waals surface area contributed by atoms with Gasteiger partial charge >= 0.3 is 0 Å². The largest absolute Gasteiger partial charge is 0.312 e. The van der Waals surface area contributed by atoms with E-state index in [0.717, 1.165) is 29.2 Å². The van der Waals surface area contributed by atoms with E-state index in [9.17, 15) is 22.4 Å². The Hall–Kier alpha value is -2.78. The zero-order valence-electron chi connectivity index (χ0n) is 14.6. The second-order valence-electron chi connectivity index (χ2n) is 5.99. The number of aromatic nitrogens is 1. The lowest BCUT2D eigenvalue weighted by Crippen LogP contribution is -2.50. The summed E-state index contributed by atoms with van der Waals surface area (Å²) in [5.41, 5.74) is 1.38. The number of sulfone groups is 1. The normalized spacial score (nSPS) is 13.6. The molecule has 1 atom stereocenters. The van der Waals surface area contributed by atoms with Crippen molar-refractivity contribution in [3.63, 3.8) is 0 Å². The lowest BCUT2D eigenvalue weighted by Gasteiger charge is -2.26. The molecule has 0 spiro atoms. The molecular formula is C18H19FN2O5S. The Morgan fingerprint density at radius 2 is 2.00 bits per heavy atom. The lowest BCUT2D eigenvalue weighted by atomic mass is 10.0. The van der Waals surface area contributed by atoms with E-state index in [4.69, 9.17) is 5.21 Å². The maximum Gasteiger partial charge on any atom is 0.268 e. The smallest absolute Gasteiger partial charge is 0.268 e. The third-order valence-corrected chi connectivity index (χ3v) is 6.24. The fourth-order valence-electron chi connectivity index (χ4n) is 2.75. The highest BCUT2D eigenvalue weighted by molar-refractivity contribution is 7.93. The first-order valence-corrected chi connectivity index (χ1v) is 9.78. The van der Waals surface area contributed by atoms with Crippen molar-refractivity contribution in [2.75, 3.05) is 6.26 Å². The molecule has 144 valence electrons. The predicted molar refractivity (Wildman–Crippen MR) is 98.4 cm³/mol. The van der Waals surface area contributed by atoms with Crippen LogP contribution < -0.4 is 11.0 Å². The topological polar surface area (TPSA) is 105 Å². The summed E-state index contributed by atoms with van der Waals surface area (Å²) >= 11 is 0. The molecule has 2 N–H and O–H groups in total. The number of carbonyl (C=O) groups is 1. The molecule has 0 aliphatic carbocycles. The number of pyridine rings is 1. The van der Waals surface area contributed by atoms with Crippen LogP contribution in [0.2, 0.25) is 0 Å². The van der Waals surface area contributed by atoms with Gasteiger partial charge in [-0.1, -0.05) is 36.4 Å². The van der Waals surface area contributed by atoms with E-state index in [1.807, 2.05) is 0 Å². The Morgan fingerprint density at radius 3 is 2.52 bits per heavy atom. The number of amides is 1. The number of hydrogen-bond acceptors (Lipinski definition) is 5. The number of aryl methyl sites for hydroxylation is 1.